The first-order chi connectivity index (χ1) is 31.7. The maximum absolute atomic E-state index is 13.7. The van der Waals surface area contributed by atoms with Crippen molar-refractivity contribution >= 4 is 84.9 Å². The van der Waals surface area contributed by atoms with Crippen LogP contribution in [-0.4, -0.2) is 173 Å². The van der Waals surface area contributed by atoms with E-state index in [1.54, 1.807) is 0 Å². The van der Waals surface area contributed by atoms with Gasteiger partial charge in [-0.1, -0.05) is 0 Å². The first kappa shape index (κ1) is 47.6. The number of hydrogen-bond acceptors (Lipinski definition) is 26. The van der Waals surface area contributed by atoms with Crippen LogP contribution in [0, 0.1) is 0 Å². The summed E-state index contributed by atoms with van der Waals surface area (Å²) in [5, 5.41) is 44.6. The number of phosphoric ester groups is 2. The highest BCUT2D eigenvalue weighted by atomic mass is 32.5. The SMILES string of the molecule is Nc1ncnc2c1ncn2C1OC(COP(=O)(O)OC2C(O)C(COP(=O)(O)OC3C(O)C(CCP(O)(O)=S)OC3n3cnc4c(N)ncnc43)OC2n2cnc3c(N)ncnc32)C(O)C1O. The van der Waals surface area contributed by atoms with Gasteiger partial charge in [0.05, 0.1) is 38.3 Å². The van der Waals surface area contributed by atoms with Crippen molar-refractivity contribution in [1.29, 1.82) is 0 Å². The van der Waals surface area contributed by atoms with Crippen molar-refractivity contribution in [3.05, 3.63) is 38.0 Å². The molecule has 0 amide bonds. The molecule has 36 heteroatoms. The molecule has 0 spiro atoms. The highest BCUT2D eigenvalue weighted by molar-refractivity contribution is 8.09. The van der Waals surface area contributed by atoms with Gasteiger partial charge in [0.25, 0.3) is 0 Å². The smallest absolute Gasteiger partial charge is 0.387 e. The Morgan fingerprint density at radius 3 is 1.36 bits per heavy atom. The van der Waals surface area contributed by atoms with Crippen molar-refractivity contribution in [2.24, 2.45) is 0 Å². The number of nitrogen functional groups attached to an aromatic ring is 3. The summed E-state index contributed by atoms with van der Waals surface area (Å²) in [7, 11) is -10.7. The summed E-state index contributed by atoms with van der Waals surface area (Å²) in [4.78, 5) is 78.2. The van der Waals surface area contributed by atoms with E-state index in [0.717, 1.165) is 29.9 Å². The van der Waals surface area contributed by atoms with Crippen LogP contribution >= 0.6 is 22.1 Å². The van der Waals surface area contributed by atoms with E-state index in [9.17, 15) is 49.1 Å². The minimum Gasteiger partial charge on any atom is -0.387 e. The van der Waals surface area contributed by atoms with Crippen LogP contribution in [0.2, 0.25) is 0 Å². The van der Waals surface area contributed by atoms with Gasteiger partial charge >= 0.3 is 15.6 Å². The summed E-state index contributed by atoms with van der Waals surface area (Å²) in [6, 6.07) is 0. The number of anilines is 3. The zero-order valence-electron chi connectivity index (χ0n) is 33.8. The standard InChI is InChI=1S/C31H40N15O17P3S/c32-23-14-26(38-5-35-23)44(8-41-14)29-20(50)17(47)12(60-29)3-57-65(53,54)63-22-19(49)13(61-31(22)46-10-43-16-25(34)37-7-40-28(16)46)4-58-66(55,56)62-21-18(48)11(1-2-64(51,52)67)59-30(21)45-9-42-15-24(33)36-6-39-27(15)45/h5-13,17-22,29-31,47-50H,1-4H2,(H,53,54)(H,55,56)(H2,32,35,38)(H2,33,36,39)(H2,34,37,40)(H2,51,52,67). The van der Waals surface area contributed by atoms with Crippen molar-refractivity contribution in [3.63, 3.8) is 0 Å². The van der Waals surface area contributed by atoms with Gasteiger partial charge in [-0.2, -0.15) is 0 Å². The third kappa shape index (κ3) is 9.38. The lowest BCUT2D eigenvalue weighted by atomic mass is 10.1. The lowest BCUT2D eigenvalue weighted by Gasteiger charge is -2.25. The molecule has 14 unspecified atom stereocenters. The topological polar surface area (TPSA) is 469 Å². The number of aliphatic hydroxyl groups excluding tert-OH is 4. The summed E-state index contributed by atoms with van der Waals surface area (Å²) < 4.78 is 70.2. The Morgan fingerprint density at radius 1 is 0.552 bits per heavy atom. The van der Waals surface area contributed by atoms with Gasteiger partial charge in [-0.3, -0.25) is 31.8 Å². The zero-order chi connectivity index (χ0) is 47.7. The molecule has 6 aromatic heterocycles. The van der Waals surface area contributed by atoms with E-state index >= 15 is 0 Å². The summed E-state index contributed by atoms with van der Waals surface area (Å²) in [6.45, 7) is -5.62. The predicted octanol–water partition coefficient (Wildman–Crippen LogP) is -2.92. The molecule has 3 aliphatic heterocycles. The van der Waals surface area contributed by atoms with Crippen LogP contribution < -0.4 is 17.2 Å². The van der Waals surface area contributed by atoms with E-state index in [1.807, 2.05) is 0 Å². The van der Waals surface area contributed by atoms with Gasteiger partial charge < -0.3 is 71.4 Å². The van der Waals surface area contributed by atoms with Crippen LogP contribution in [0.1, 0.15) is 25.1 Å². The predicted molar refractivity (Wildman–Crippen MR) is 224 cm³/mol. The largest absolute Gasteiger partial charge is 0.472 e. The minimum absolute atomic E-state index is 0.000958. The lowest BCUT2D eigenvalue weighted by Crippen LogP contribution is -2.36. The highest BCUT2D eigenvalue weighted by Crippen LogP contribution is 2.53. The normalized spacial score (nSPS) is 31.0. The number of rotatable bonds is 16. The van der Waals surface area contributed by atoms with Gasteiger partial charge in [-0.05, 0) is 18.2 Å². The molecule has 14 atom stereocenters. The Balaban J connectivity index is 0.918. The minimum atomic E-state index is -5.34. The van der Waals surface area contributed by atoms with E-state index in [2.05, 4.69) is 44.9 Å². The van der Waals surface area contributed by atoms with Gasteiger partial charge in [0.2, 0.25) is 0 Å². The van der Waals surface area contributed by atoms with Crippen LogP contribution in [0.3, 0.4) is 0 Å². The van der Waals surface area contributed by atoms with Gasteiger partial charge in [0, 0.05) is 6.16 Å². The second kappa shape index (κ2) is 18.1. The Labute approximate surface area is 378 Å². The number of ether oxygens (including phenoxy) is 3. The summed E-state index contributed by atoms with van der Waals surface area (Å²) in [5.74, 6) is -0.0556. The molecule has 3 fully saturated rings. The quantitative estimate of drug-likeness (QED) is 0.0433. The van der Waals surface area contributed by atoms with Gasteiger partial charge in [-0.25, -0.2) is 54.0 Å². The molecule has 9 rings (SSSR count). The number of phosphoric acid groups is 2. The molecule has 3 saturated heterocycles. The second-order valence-electron chi connectivity index (χ2n) is 15.3. The van der Waals surface area contributed by atoms with Crippen molar-refractivity contribution in [2.45, 2.75) is 80.0 Å². The van der Waals surface area contributed by atoms with Crippen LogP contribution in [0.25, 0.3) is 33.5 Å². The third-order valence-electron chi connectivity index (χ3n) is 11.0. The van der Waals surface area contributed by atoms with Crippen LogP contribution in [-0.2, 0) is 53.2 Å². The van der Waals surface area contributed by atoms with Crippen molar-refractivity contribution < 1.29 is 81.4 Å². The molecular formula is C31H40N15O17P3S. The molecule has 9 heterocycles. The number of fused-ring (bicyclic) bond motifs is 3. The number of nitrogens with zero attached hydrogens (tertiary/aromatic N) is 12. The molecule has 6 aromatic rings. The van der Waals surface area contributed by atoms with Crippen molar-refractivity contribution in [1.82, 2.24) is 58.6 Å². The highest BCUT2D eigenvalue weighted by Gasteiger charge is 2.53. The van der Waals surface area contributed by atoms with Crippen molar-refractivity contribution in [2.75, 3.05) is 36.6 Å². The fourth-order valence-corrected chi connectivity index (χ4v) is 10.5. The molecule has 0 radical (unpaired) electrons. The fourth-order valence-electron chi connectivity index (χ4n) is 7.75. The first-order valence-corrected chi connectivity index (χ1v) is 25.4. The molecule has 3 aliphatic rings. The number of aromatic nitrogens is 12. The Morgan fingerprint density at radius 2 is 0.925 bits per heavy atom. The van der Waals surface area contributed by atoms with Crippen LogP contribution in [0.5, 0.6) is 0 Å². The molecule has 0 bridgehead atoms. The lowest BCUT2D eigenvalue weighted by molar-refractivity contribution is -0.0638. The average molecular weight is 1020 g/mol. The van der Waals surface area contributed by atoms with E-state index in [0.29, 0.717) is 0 Å². The molecule has 0 aliphatic carbocycles. The maximum Gasteiger partial charge on any atom is 0.472 e. The van der Waals surface area contributed by atoms with Crippen LogP contribution in [0.15, 0.2) is 38.0 Å². The second-order valence-corrected chi connectivity index (χ2v) is 21.6. The summed E-state index contributed by atoms with van der Waals surface area (Å²) >= 11 is 4.71. The number of nitrogens with two attached hydrogens (primary N) is 3. The molecule has 32 nitrogen and oxygen atoms in total. The average Bonchev–Trinajstić information content (AvgIpc) is 4.13. The monoisotopic (exact) mass is 1020 g/mol. The van der Waals surface area contributed by atoms with Crippen LogP contribution in [0.4, 0.5) is 17.5 Å². The Bertz CT molecular complexity index is 2950. The summed E-state index contributed by atoms with van der Waals surface area (Å²) in [5.41, 5.74) is 18.3. The molecule has 362 valence electrons. The molecular weight excluding hydrogens is 979 g/mol. The van der Waals surface area contributed by atoms with Gasteiger partial charge in [0.15, 0.2) is 59.6 Å². The molecule has 67 heavy (non-hydrogen) atoms. The van der Waals surface area contributed by atoms with Gasteiger partial charge in [-0.15, -0.1) is 0 Å². The van der Waals surface area contributed by atoms with E-state index in [1.165, 1.54) is 21.8 Å². The molecule has 14 N–H and O–H groups in total. The van der Waals surface area contributed by atoms with E-state index in [4.69, 9.17) is 61.3 Å². The zero-order valence-corrected chi connectivity index (χ0v) is 37.3. The molecule has 0 saturated carbocycles. The fraction of sp³-hybridized carbons (Fsp3) is 0.516. The maximum atomic E-state index is 13.7. The van der Waals surface area contributed by atoms with Gasteiger partial charge in [0.1, 0.15) is 84.4 Å². The summed E-state index contributed by atoms with van der Waals surface area (Å²) in [6.07, 6.45) is -13.1. The first-order valence-electron chi connectivity index (χ1n) is 19.5. The van der Waals surface area contributed by atoms with E-state index < -0.39 is 109 Å². The molecule has 0 aromatic carbocycles. The van der Waals surface area contributed by atoms with Crippen molar-refractivity contribution in [3.8, 4) is 0 Å². The van der Waals surface area contributed by atoms with E-state index in [-0.39, 0.29) is 63.5 Å². The third-order valence-corrected chi connectivity index (χ3v) is 14.3. The Kier molecular flexibility index (Phi) is 12.9. The number of aliphatic hydroxyl groups is 4. The number of imidazole rings is 3. The number of hydrogen-bond donors (Lipinski definition) is 11. The Hall–Kier alpha value is -4.44.